The summed E-state index contributed by atoms with van der Waals surface area (Å²) in [4.78, 5) is 4.28. The van der Waals surface area contributed by atoms with Gasteiger partial charge in [0.15, 0.2) is 0 Å². The number of hydrogen-bond acceptors (Lipinski definition) is 3. The van der Waals surface area contributed by atoms with Crippen LogP contribution in [0.1, 0.15) is 31.1 Å². The van der Waals surface area contributed by atoms with Crippen LogP contribution in [0.5, 0.6) is 0 Å². The van der Waals surface area contributed by atoms with Crippen LogP contribution in [-0.2, 0) is 6.54 Å². The molecular formula is C15H21FN4. The van der Waals surface area contributed by atoms with Gasteiger partial charge in [-0.05, 0) is 38.4 Å². The molecule has 0 radical (unpaired) electrons. The second-order valence-corrected chi connectivity index (χ2v) is 5.38. The van der Waals surface area contributed by atoms with Gasteiger partial charge < -0.3 is 5.32 Å². The summed E-state index contributed by atoms with van der Waals surface area (Å²) in [7, 11) is 0. The molecule has 0 amide bonds. The molecule has 5 heteroatoms. The molecule has 0 spiro atoms. The van der Waals surface area contributed by atoms with Crippen LogP contribution in [0.15, 0.2) is 18.2 Å². The van der Waals surface area contributed by atoms with Crippen molar-refractivity contribution in [3.05, 3.63) is 41.2 Å². The monoisotopic (exact) mass is 276 g/mol. The Morgan fingerprint density at radius 1 is 1.30 bits per heavy atom. The van der Waals surface area contributed by atoms with Gasteiger partial charge in [-0.15, -0.1) is 0 Å². The lowest BCUT2D eigenvalue weighted by Crippen LogP contribution is -2.21. The lowest BCUT2D eigenvalue weighted by atomic mass is 10.1. The summed E-state index contributed by atoms with van der Waals surface area (Å²) in [6, 6.07) is 5.05. The molecule has 1 heterocycles. The van der Waals surface area contributed by atoms with Crippen molar-refractivity contribution in [3.8, 4) is 5.69 Å². The molecule has 20 heavy (non-hydrogen) atoms. The first kappa shape index (κ1) is 14.7. The zero-order chi connectivity index (χ0) is 14.7. The van der Waals surface area contributed by atoms with Gasteiger partial charge >= 0.3 is 0 Å². The molecule has 0 aliphatic rings. The second-order valence-electron chi connectivity index (χ2n) is 5.38. The smallest absolute Gasteiger partial charge is 0.148 e. The number of aromatic nitrogens is 3. The van der Waals surface area contributed by atoms with Crippen molar-refractivity contribution in [1.82, 2.24) is 20.1 Å². The van der Waals surface area contributed by atoms with E-state index in [0.717, 1.165) is 18.1 Å². The van der Waals surface area contributed by atoms with Gasteiger partial charge in [0.1, 0.15) is 17.5 Å². The van der Waals surface area contributed by atoms with Crippen molar-refractivity contribution in [2.45, 2.75) is 34.2 Å². The average Bonchev–Trinajstić information content (AvgIpc) is 2.70. The number of rotatable bonds is 5. The molecule has 1 aromatic heterocycles. The largest absolute Gasteiger partial charge is 0.312 e. The molecule has 4 nitrogen and oxygen atoms in total. The van der Waals surface area contributed by atoms with Crippen LogP contribution in [0.25, 0.3) is 5.69 Å². The molecule has 0 saturated heterocycles. The van der Waals surface area contributed by atoms with Crippen LogP contribution < -0.4 is 5.32 Å². The maximum atomic E-state index is 14.1. The zero-order valence-electron chi connectivity index (χ0n) is 12.4. The fourth-order valence-corrected chi connectivity index (χ4v) is 2.16. The van der Waals surface area contributed by atoms with Crippen LogP contribution in [0.4, 0.5) is 4.39 Å². The minimum absolute atomic E-state index is 0.216. The molecule has 2 aromatic rings. The van der Waals surface area contributed by atoms with Crippen molar-refractivity contribution in [3.63, 3.8) is 0 Å². The van der Waals surface area contributed by atoms with Crippen LogP contribution in [-0.4, -0.2) is 21.3 Å². The van der Waals surface area contributed by atoms with Crippen LogP contribution in [0, 0.1) is 25.6 Å². The van der Waals surface area contributed by atoms with Gasteiger partial charge in [-0.2, -0.15) is 5.10 Å². The molecule has 0 saturated carbocycles. The lowest BCUT2D eigenvalue weighted by Gasteiger charge is -2.13. The summed E-state index contributed by atoms with van der Waals surface area (Å²) >= 11 is 0. The zero-order valence-corrected chi connectivity index (χ0v) is 12.4. The van der Waals surface area contributed by atoms with Crippen molar-refractivity contribution in [2.24, 2.45) is 5.92 Å². The van der Waals surface area contributed by atoms with Gasteiger partial charge in [0.2, 0.25) is 0 Å². The molecule has 0 bridgehead atoms. The number of hydrogen-bond donors (Lipinski definition) is 1. The second kappa shape index (κ2) is 6.13. The van der Waals surface area contributed by atoms with E-state index in [2.05, 4.69) is 29.2 Å². The first-order chi connectivity index (χ1) is 9.49. The summed E-state index contributed by atoms with van der Waals surface area (Å²) in [5.74, 6) is 1.76. The van der Waals surface area contributed by atoms with Crippen molar-refractivity contribution in [2.75, 3.05) is 6.54 Å². The highest BCUT2D eigenvalue weighted by molar-refractivity contribution is 5.41. The number of nitrogens with one attached hydrogen (secondary N) is 1. The Morgan fingerprint density at radius 2 is 2.05 bits per heavy atom. The molecule has 0 atom stereocenters. The van der Waals surface area contributed by atoms with E-state index in [9.17, 15) is 4.39 Å². The summed E-state index contributed by atoms with van der Waals surface area (Å²) in [6.45, 7) is 9.29. The molecule has 0 aliphatic carbocycles. The minimum atomic E-state index is -0.216. The first-order valence-electron chi connectivity index (χ1n) is 6.87. The standard InChI is InChI=1S/C15H21FN4/c1-10(2)8-17-9-13-14(16)6-5-7-15(13)20-12(4)18-11(3)19-20/h5-7,10,17H,8-9H2,1-4H3. The third-order valence-corrected chi connectivity index (χ3v) is 3.05. The van der Waals surface area contributed by atoms with E-state index in [-0.39, 0.29) is 5.82 Å². The van der Waals surface area contributed by atoms with Crippen LogP contribution in [0.2, 0.25) is 0 Å². The van der Waals surface area contributed by atoms with Crippen molar-refractivity contribution in [1.29, 1.82) is 0 Å². The topological polar surface area (TPSA) is 42.7 Å². The van der Waals surface area contributed by atoms with E-state index in [0.29, 0.717) is 23.9 Å². The lowest BCUT2D eigenvalue weighted by molar-refractivity contribution is 0.532. The normalized spacial score (nSPS) is 11.3. The predicted octanol–water partition coefficient (Wildman–Crippen LogP) is 2.77. The van der Waals surface area contributed by atoms with E-state index in [1.165, 1.54) is 6.07 Å². The summed E-state index contributed by atoms with van der Waals surface area (Å²) < 4.78 is 15.8. The maximum Gasteiger partial charge on any atom is 0.148 e. The fraction of sp³-hybridized carbons (Fsp3) is 0.467. The summed E-state index contributed by atoms with van der Waals surface area (Å²) in [5, 5.41) is 7.61. The van der Waals surface area contributed by atoms with Gasteiger partial charge in [0.25, 0.3) is 0 Å². The van der Waals surface area contributed by atoms with Crippen molar-refractivity contribution >= 4 is 0 Å². The Balaban J connectivity index is 2.33. The minimum Gasteiger partial charge on any atom is -0.312 e. The number of nitrogens with zero attached hydrogens (tertiary/aromatic N) is 3. The van der Waals surface area contributed by atoms with Gasteiger partial charge in [-0.3, -0.25) is 0 Å². The highest BCUT2D eigenvalue weighted by Crippen LogP contribution is 2.19. The predicted molar refractivity (Wildman–Crippen MR) is 77.3 cm³/mol. The number of aryl methyl sites for hydroxylation is 2. The van der Waals surface area contributed by atoms with E-state index in [4.69, 9.17) is 0 Å². The molecule has 2 rings (SSSR count). The van der Waals surface area contributed by atoms with E-state index in [1.807, 2.05) is 19.9 Å². The molecule has 0 fully saturated rings. The van der Waals surface area contributed by atoms with Gasteiger partial charge in [0, 0.05) is 12.1 Å². The van der Waals surface area contributed by atoms with Gasteiger partial charge in [-0.25, -0.2) is 14.1 Å². The maximum absolute atomic E-state index is 14.1. The Labute approximate surface area is 119 Å². The third-order valence-electron chi connectivity index (χ3n) is 3.05. The van der Waals surface area contributed by atoms with E-state index < -0.39 is 0 Å². The Hall–Kier alpha value is -1.75. The molecule has 0 unspecified atom stereocenters. The summed E-state index contributed by atoms with van der Waals surface area (Å²) in [6.07, 6.45) is 0. The fourth-order valence-electron chi connectivity index (χ4n) is 2.16. The molecule has 0 aliphatic heterocycles. The van der Waals surface area contributed by atoms with Gasteiger partial charge in [0.05, 0.1) is 5.69 Å². The third kappa shape index (κ3) is 3.22. The van der Waals surface area contributed by atoms with E-state index >= 15 is 0 Å². The number of benzene rings is 1. The molecular weight excluding hydrogens is 255 g/mol. The van der Waals surface area contributed by atoms with Gasteiger partial charge in [-0.1, -0.05) is 19.9 Å². The SMILES string of the molecule is Cc1nc(C)n(-c2cccc(F)c2CNCC(C)C)n1. The highest BCUT2D eigenvalue weighted by atomic mass is 19.1. The highest BCUT2D eigenvalue weighted by Gasteiger charge is 2.13. The molecule has 108 valence electrons. The van der Waals surface area contributed by atoms with Crippen molar-refractivity contribution < 1.29 is 4.39 Å². The Bertz CT molecular complexity index is 590. The van der Waals surface area contributed by atoms with Crippen LogP contribution >= 0.6 is 0 Å². The Morgan fingerprint density at radius 3 is 2.65 bits per heavy atom. The quantitative estimate of drug-likeness (QED) is 0.913. The first-order valence-corrected chi connectivity index (χ1v) is 6.87. The average molecular weight is 276 g/mol. The van der Waals surface area contributed by atoms with Crippen LogP contribution in [0.3, 0.4) is 0 Å². The molecule has 1 N–H and O–H groups in total. The number of halogens is 1. The molecule has 1 aromatic carbocycles. The summed E-state index contributed by atoms with van der Waals surface area (Å²) in [5.41, 5.74) is 1.38. The Kier molecular flexibility index (Phi) is 4.49. The van der Waals surface area contributed by atoms with E-state index in [1.54, 1.807) is 10.7 Å².